The first-order valence-corrected chi connectivity index (χ1v) is 9.82. The van der Waals surface area contributed by atoms with Gasteiger partial charge in [0.05, 0.1) is 21.6 Å². The molecule has 2 N–H and O–H groups in total. The Morgan fingerprint density at radius 1 is 1.19 bits per heavy atom. The maximum atomic E-state index is 13.3. The van der Waals surface area contributed by atoms with Crippen LogP contribution < -0.4 is 5.56 Å². The summed E-state index contributed by atoms with van der Waals surface area (Å²) in [7, 11) is 0. The summed E-state index contributed by atoms with van der Waals surface area (Å²) >= 11 is 6.07. The molecule has 164 valence electrons. The minimum absolute atomic E-state index is 0.0822. The lowest BCUT2D eigenvalue weighted by molar-refractivity contribution is -0.138. The Balaban J connectivity index is 2.30. The number of carboxylic acid groups (broad SMARTS) is 1. The molecule has 0 fully saturated rings. The molecule has 2 aromatic carbocycles. The van der Waals surface area contributed by atoms with Crippen LogP contribution in [-0.4, -0.2) is 21.0 Å². The smallest absolute Gasteiger partial charge is 0.417 e. The van der Waals surface area contributed by atoms with Gasteiger partial charge in [0.25, 0.3) is 5.56 Å². The minimum Gasteiger partial charge on any atom is -0.481 e. The fourth-order valence-corrected chi connectivity index (χ4v) is 3.68. The third-order valence-electron chi connectivity index (χ3n) is 4.81. The van der Waals surface area contributed by atoms with Crippen molar-refractivity contribution in [2.45, 2.75) is 45.2 Å². The zero-order valence-electron chi connectivity index (χ0n) is 17.0. The number of alkyl halides is 3. The first-order chi connectivity index (χ1) is 14.3. The molecule has 0 bridgehead atoms. The second-order valence-electron chi connectivity index (χ2n) is 8.25. The van der Waals surface area contributed by atoms with Crippen molar-refractivity contribution >= 4 is 28.6 Å². The highest BCUT2D eigenvalue weighted by molar-refractivity contribution is 6.34. The molecule has 0 aliphatic rings. The Bertz CT molecular complexity index is 1230. The number of carboxylic acids is 1. The maximum absolute atomic E-state index is 13.3. The van der Waals surface area contributed by atoms with Gasteiger partial charge in [-0.05, 0) is 35.7 Å². The summed E-state index contributed by atoms with van der Waals surface area (Å²) in [6, 6.07) is 6.65. The highest BCUT2D eigenvalue weighted by Gasteiger charge is 2.34. The zero-order valence-corrected chi connectivity index (χ0v) is 17.8. The Morgan fingerprint density at radius 2 is 1.87 bits per heavy atom. The van der Waals surface area contributed by atoms with Gasteiger partial charge in [0, 0.05) is 17.4 Å². The van der Waals surface area contributed by atoms with Crippen LogP contribution in [0.25, 0.3) is 22.2 Å². The van der Waals surface area contributed by atoms with Crippen LogP contribution >= 0.6 is 11.6 Å². The summed E-state index contributed by atoms with van der Waals surface area (Å²) in [5.74, 6) is -1.03. The van der Waals surface area contributed by atoms with Crippen molar-refractivity contribution in [3.63, 3.8) is 0 Å². The number of aromatic nitrogens is 2. The quantitative estimate of drug-likeness (QED) is 0.541. The average Bonchev–Trinajstić information content (AvgIpc) is 2.63. The lowest BCUT2D eigenvalue weighted by atomic mass is 9.91. The Morgan fingerprint density at radius 3 is 2.45 bits per heavy atom. The monoisotopic (exact) mass is 452 g/mol. The number of hydrogen-bond acceptors (Lipinski definition) is 3. The van der Waals surface area contributed by atoms with E-state index in [2.05, 4.69) is 9.97 Å². The van der Waals surface area contributed by atoms with Gasteiger partial charge in [-0.25, -0.2) is 4.98 Å². The second-order valence-corrected chi connectivity index (χ2v) is 8.63. The number of halogens is 4. The highest BCUT2D eigenvalue weighted by atomic mass is 35.5. The molecule has 0 saturated carbocycles. The molecule has 0 radical (unpaired) electrons. The van der Waals surface area contributed by atoms with E-state index in [4.69, 9.17) is 16.7 Å². The highest BCUT2D eigenvalue weighted by Crippen LogP contribution is 2.40. The van der Waals surface area contributed by atoms with Crippen molar-refractivity contribution < 1.29 is 23.1 Å². The van der Waals surface area contributed by atoms with Crippen LogP contribution in [0.1, 0.15) is 44.0 Å². The maximum Gasteiger partial charge on any atom is 0.417 e. The summed E-state index contributed by atoms with van der Waals surface area (Å²) in [5.41, 5.74) is -0.0475. The predicted octanol–water partition coefficient (Wildman–Crippen LogP) is 5.58. The summed E-state index contributed by atoms with van der Waals surface area (Å²) in [6.07, 6.45) is -4.76. The fraction of sp³-hybridized carbons (Fsp3) is 0.318. The fourth-order valence-electron chi connectivity index (χ4n) is 3.34. The van der Waals surface area contributed by atoms with Crippen molar-refractivity contribution in [2.75, 3.05) is 0 Å². The minimum atomic E-state index is -4.63. The van der Waals surface area contributed by atoms with Crippen molar-refractivity contribution in [1.82, 2.24) is 9.97 Å². The average molecular weight is 453 g/mol. The SMILES string of the molecule is CC(C)(C)c1nc2c(CCC(=O)O)cc(-c3cccc(C(F)(F)F)c3Cl)cc2[nH]c1=O. The molecule has 9 heteroatoms. The van der Waals surface area contributed by atoms with Crippen molar-refractivity contribution in [2.24, 2.45) is 0 Å². The van der Waals surface area contributed by atoms with E-state index in [1.165, 1.54) is 18.2 Å². The van der Waals surface area contributed by atoms with Gasteiger partial charge in [-0.1, -0.05) is 44.5 Å². The third-order valence-corrected chi connectivity index (χ3v) is 5.22. The number of hydrogen-bond donors (Lipinski definition) is 2. The van der Waals surface area contributed by atoms with Gasteiger partial charge in [-0.15, -0.1) is 0 Å². The number of rotatable bonds is 4. The summed E-state index contributed by atoms with van der Waals surface area (Å²) in [6.45, 7) is 5.47. The Hall–Kier alpha value is -2.87. The van der Waals surface area contributed by atoms with Crippen LogP contribution in [0, 0.1) is 0 Å². The van der Waals surface area contributed by atoms with Crippen LogP contribution in [-0.2, 0) is 22.8 Å². The predicted molar refractivity (Wildman–Crippen MR) is 112 cm³/mol. The van der Waals surface area contributed by atoms with E-state index in [0.717, 1.165) is 6.07 Å². The largest absolute Gasteiger partial charge is 0.481 e. The molecule has 31 heavy (non-hydrogen) atoms. The molecule has 0 atom stereocenters. The first-order valence-electron chi connectivity index (χ1n) is 9.44. The number of aromatic amines is 1. The standard InChI is InChI=1S/C22H20ClF3N2O3/c1-21(2,3)19-20(31)27-15-10-12(9-11(18(15)28-19)7-8-16(29)30)13-5-4-6-14(17(13)23)22(24,25)26/h4-6,9-10H,7-8H2,1-3H3,(H,27,31)(H,29,30). The first kappa shape index (κ1) is 22.8. The van der Waals surface area contributed by atoms with E-state index in [1.807, 2.05) is 20.8 Å². The van der Waals surface area contributed by atoms with Gasteiger partial charge in [0.15, 0.2) is 0 Å². The van der Waals surface area contributed by atoms with E-state index in [-0.39, 0.29) is 24.1 Å². The zero-order chi connectivity index (χ0) is 23.1. The molecule has 1 aromatic heterocycles. The number of carbonyl (C=O) groups is 1. The number of fused-ring (bicyclic) bond motifs is 1. The van der Waals surface area contributed by atoms with Crippen molar-refractivity contribution in [1.29, 1.82) is 0 Å². The molecule has 0 aliphatic heterocycles. The number of nitrogens with zero attached hydrogens (tertiary/aromatic N) is 1. The third kappa shape index (κ3) is 4.74. The Kier molecular flexibility index (Phi) is 5.88. The second kappa shape index (κ2) is 8.00. The molecule has 3 aromatic rings. The summed E-state index contributed by atoms with van der Waals surface area (Å²) < 4.78 is 39.9. The van der Waals surface area contributed by atoms with Gasteiger partial charge in [0.2, 0.25) is 0 Å². The molecular formula is C22H20ClF3N2O3. The van der Waals surface area contributed by atoms with Crippen LogP contribution in [0.15, 0.2) is 35.1 Å². The molecule has 1 heterocycles. The van der Waals surface area contributed by atoms with E-state index in [1.54, 1.807) is 6.07 Å². The number of nitrogens with one attached hydrogen (secondary N) is 1. The van der Waals surface area contributed by atoms with Crippen LogP contribution in [0.4, 0.5) is 13.2 Å². The summed E-state index contributed by atoms with van der Waals surface area (Å²) in [4.78, 5) is 30.9. The molecule has 0 unspecified atom stereocenters. The van der Waals surface area contributed by atoms with Crippen molar-refractivity contribution in [3.8, 4) is 11.1 Å². The Labute approximate surface area is 180 Å². The van der Waals surface area contributed by atoms with Gasteiger partial charge < -0.3 is 10.1 Å². The van der Waals surface area contributed by atoms with Crippen molar-refractivity contribution in [3.05, 3.63) is 62.5 Å². The summed E-state index contributed by atoms with van der Waals surface area (Å²) in [5, 5.41) is 8.63. The number of H-pyrrole nitrogens is 1. The molecule has 0 aliphatic carbocycles. The van der Waals surface area contributed by atoms with E-state index < -0.39 is 33.7 Å². The number of aryl methyl sites for hydroxylation is 1. The topological polar surface area (TPSA) is 83.0 Å². The van der Waals surface area contributed by atoms with Gasteiger partial charge in [0.1, 0.15) is 5.69 Å². The van der Waals surface area contributed by atoms with Crippen LogP contribution in [0.3, 0.4) is 0 Å². The van der Waals surface area contributed by atoms with Crippen LogP contribution in [0.5, 0.6) is 0 Å². The molecule has 0 saturated heterocycles. The molecule has 0 amide bonds. The van der Waals surface area contributed by atoms with Gasteiger partial charge in [-0.3, -0.25) is 9.59 Å². The molecule has 5 nitrogen and oxygen atoms in total. The molecule has 3 rings (SSSR count). The number of aliphatic carboxylic acids is 1. The van der Waals surface area contributed by atoms with E-state index in [0.29, 0.717) is 22.2 Å². The van der Waals surface area contributed by atoms with Crippen LogP contribution in [0.2, 0.25) is 5.02 Å². The normalized spacial score (nSPS) is 12.4. The van der Waals surface area contributed by atoms with E-state index in [9.17, 15) is 22.8 Å². The van der Waals surface area contributed by atoms with Gasteiger partial charge >= 0.3 is 12.1 Å². The number of benzene rings is 2. The lowest BCUT2D eigenvalue weighted by Gasteiger charge is -2.18. The molecular weight excluding hydrogens is 433 g/mol. The van der Waals surface area contributed by atoms with E-state index >= 15 is 0 Å². The van der Waals surface area contributed by atoms with Gasteiger partial charge in [-0.2, -0.15) is 13.2 Å². The lowest BCUT2D eigenvalue weighted by Crippen LogP contribution is -2.26. The molecule has 0 spiro atoms.